The molecule has 1 rings (SSSR count). The van der Waals surface area contributed by atoms with Gasteiger partial charge in [0.25, 0.3) is 0 Å². The van der Waals surface area contributed by atoms with E-state index in [0.717, 1.165) is 18.2 Å². The Hall–Kier alpha value is -0.380. The minimum absolute atomic E-state index is 0.296. The molecule has 8 heavy (non-hydrogen) atoms. The Morgan fingerprint density at radius 1 is 1.75 bits per heavy atom. The molecule has 2 N–H and O–H groups in total. The summed E-state index contributed by atoms with van der Waals surface area (Å²) >= 11 is 1.74. The number of carbonyl (C=O) groups excluding carboxylic acids is 1. The molecule has 0 bridgehead atoms. The van der Waals surface area contributed by atoms with Gasteiger partial charge in [0, 0.05) is 12.3 Å². The molecule has 0 atom stereocenters. The Morgan fingerprint density at radius 2 is 2.50 bits per heavy atom. The average molecular weight is 132 g/mol. The first-order valence-electron chi connectivity index (χ1n) is 2.43. The zero-order valence-electron chi connectivity index (χ0n) is 4.46. The lowest BCUT2D eigenvalue weighted by molar-refractivity contribution is 0.221. The molecular weight excluding hydrogens is 124 g/mol. The zero-order valence-corrected chi connectivity index (χ0v) is 5.28. The van der Waals surface area contributed by atoms with E-state index in [1.54, 1.807) is 16.7 Å². The van der Waals surface area contributed by atoms with Crippen LogP contribution in [-0.2, 0) is 0 Å². The van der Waals surface area contributed by atoms with Crippen LogP contribution in [0.2, 0.25) is 0 Å². The van der Waals surface area contributed by atoms with Gasteiger partial charge in [0.2, 0.25) is 0 Å². The second-order valence-electron chi connectivity index (χ2n) is 1.64. The number of thioether (sulfide) groups is 1. The molecule has 4 heteroatoms. The van der Waals surface area contributed by atoms with Crippen LogP contribution < -0.4 is 5.73 Å². The van der Waals surface area contributed by atoms with Gasteiger partial charge in [-0.3, -0.25) is 0 Å². The lowest BCUT2D eigenvalue weighted by Gasteiger charge is -2.08. The van der Waals surface area contributed by atoms with Crippen LogP contribution in [0.5, 0.6) is 0 Å². The molecule has 1 fully saturated rings. The number of hydrogen-bond acceptors (Lipinski definition) is 2. The fourth-order valence-corrected chi connectivity index (χ4v) is 1.54. The molecule has 46 valence electrons. The van der Waals surface area contributed by atoms with Gasteiger partial charge in [-0.1, -0.05) is 0 Å². The summed E-state index contributed by atoms with van der Waals surface area (Å²) in [5, 5.41) is 0. The summed E-state index contributed by atoms with van der Waals surface area (Å²) in [7, 11) is 0. The monoisotopic (exact) mass is 132 g/mol. The number of primary amides is 1. The number of urea groups is 1. The molecule has 0 aromatic carbocycles. The third kappa shape index (κ3) is 1.06. The van der Waals surface area contributed by atoms with Crippen molar-refractivity contribution in [2.24, 2.45) is 5.73 Å². The molecule has 2 amide bonds. The summed E-state index contributed by atoms with van der Waals surface area (Å²) in [6.45, 7) is 0.819. The van der Waals surface area contributed by atoms with Crippen molar-refractivity contribution in [1.82, 2.24) is 4.90 Å². The minimum atomic E-state index is -0.296. The van der Waals surface area contributed by atoms with Crippen LogP contribution in [-0.4, -0.2) is 29.1 Å². The number of nitrogens with zero attached hydrogens (tertiary/aromatic N) is 1. The van der Waals surface area contributed by atoms with Crippen LogP contribution in [0.3, 0.4) is 0 Å². The van der Waals surface area contributed by atoms with E-state index in [-0.39, 0.29) is 6.03 Å². The van der Waals surface area contributed by atoms with Gasteiger partial charge in [-0.05, 0) is 0 Å². The summed E-state index contributed by atoms with van der Waals surface area (Å²) in [6.07, 6.45) is 0. The first kappa shape index (κ1) is 5.75. The van der Waals surface area contributed by atoms with Crippen molar-refractivity contribution < 1.29 is 4.79 Å². The zero-order chi connectivity index (χ0) is 5.98. The molecular formula is C4H8N2OS. The first-order valence-corrected chi connectivity index (χ1v) is 3.58. The normalized spacial score (nSPS) is 19.2. The van der Waals surface area contributed by atoms with E-state index >= 15 is 0 Å². The number of hydrogen-bond donors (Lipinski definition) is 1. The molecule has 0 aromatic rings. The second-order valence-corrected chi connectivity index (χ2v) is 2.71. The third-order valence-corrected chi connectivity index (χ3v) is 2.03. The van der Waals surface area contributed by atoms with Gasteiger partial charge in [-0.25, -0.2) is 4.79 Å². The Morgan fingerprint density at radius 3 is 2.75 bits per heavy atom. The van der Waals surface area contributed by atoms with E-state index in [4.69, 9.17) is 5.73 Å². The second kappa shape index (κ2) is 2.26. The van der Waals surface area contributed by atoms with Crippen LogP contribution in [0.1, 0.15) is 0 Å². The fraction of sp³-hybridized carbons (Fsp3) is 0.750. The summed E-state index contributed by atoms with van der Waals surface area (Å²) in [5.74, 6) is 1.80. The van der Waals surface area contributed by atoms with Gasteiger partial charge in [-0.15, -0.1) is 11.8 Å². The highest BCUT2D eigenvalue weighted by molar-refractivity contribution is 7.99. The molecule has 0 saturated carbocycles. The van der Waals surface area contributed by atoms with Crippen molar-refractivity contribution in [3.05, 3.63) is 0 Å². The Labute approximate surface area is 52.2 Å². The van der Waals surface area contributed by atoms with E-state index in [2.05, 4.69) is 0 Å². The summed E-state index contributed by atoms with van der Waals surface area (Å²) in [6, 6.07) is -0.296. The van der Waals surface area contributed by atoms with Crippen LogP contribution in [0.15, 0.2) is 0 Å². The number of nitrogens with two attached hydrogens (primary N) is 1. The van der Waals surface area contributed by atoms with E-state index in [1.807, 2.05) is 0 Å². The molecule has 0 aliphatic carbocycles. The molecule has 0 unspecified atom stereocenters. The molecule has 1 aliphatic rings. The highest BCUT2D eigenvalue weighted by Crippen LogP contribution is 2.11. The van der Waals surface area contributed by atoms with Crippen LogP contribution in [0.25, 0.3) is 0 Å². The van der Waals surface area contributed by atoms with Crippen molar-refractivity contribution in [1.29, 1.82) is 0 Å². The molecule has 1 heterocycles. The molecule has 0 spiro atoms. The Kier molecular flexibility index (Phi) is 1.62. The van der Waals surface area contributed by atoms with Gasteiger partial charge in [0.15, 0.2) is 0 Å². The van der Waals surface area contributed by atoms with E-state index in [9.17, 15) is 4.79 Å². The predicted molar refractivity (Wildman–Crippen MR) is 33.6 cm³/mol. The smallest absolute Gasteiger partial charge is 0.315 e. The number of amides is 2. The third-order valence-electron chi connectivity index (χ3n) is 1.06. The van der Waals surface area contributed by atoms with Crippen molar-refractivity contribution in [3.63, 3.8) is 0 Å². The lowest BCUT2D eigenvalue weighted by atomic mass is 10.6. The van der Waals surface area contributed by atoms with Gasteiger partial charge in [0.1, 0.15) is 0 Å². The fourth-order valence-electron chi connectivity index (χ4n) is 0.588. The quantitative estimate of drug-likeness (QED) is 0.507. The molecule has 0 radical (unpaired) electrons. The number of rotatable bonds is 0. The van der Waals surface area contributed by atoms with Crippen molar-refractivity contribution in [3.8, 4) is 0 Å². The van der Waals surface area contributed by atoms with Crippen molar-refractivity contribution >= 4 is 17.8 Å². The minimum Gasteiger partial charge on any atom is -0.351 e. The van der Waals surface area contributed by atoms with Crippen LogP contribution in [0, 0.1) is 0 Å². The molecule has 3 nitrogen and oxygen atoms in total. The SMILES string of the molecule is NC(=O)N1CCSC1. The van der Waals surface area contributed by atoms with Crippen LogP contribution in [0.4, 0.5) is 4.79 Å². The van der Waals surface area contributed by atoms with E-state index in [1.165, 1.54) is 0 Å². The maximum Gasteiger partial charge on any atom is 0.315 e. The number of carbonyl (C=O) groups is 1. The molecule has 1 saturated heterocycles. The largest absolute Gasteiger partial charge is 0.351 e. The van der Waals surface area contributed by atoms with Crippen LogP contribution >= 0.6 is 11.8 Å². The Bertz CT molecular complexity index is 100. The van der Waals surface area contributed by atoms with E-state index < -0.39 is 0 Å². The van der Waals surface area contributed by atoms with Gasteiger partial charge in [0.05, 0.1) is 5.88 Å². The van der Waals surface area contributed by atoms with Crippen molar-refractivity contribution in [2.75, 3.05) is 18.2 Å². The van der Waals surface area contributed by atoms with Gasteiger partial charge in [-0.2, -0.15) is 0 Å². The van der Waals surface area contributed by atoms with Crippen molar-refractivity contribution in [2.45, 2.75) is 0 Å². The average Bonchev–Trinajstić information content (AvgIpc) is 2.12. The maximum atomic E-state index is 10.3. The summed E-state index contributed by atoms with van der Waals surface area (Å²) < 4.78 is 0. The molecule has 0 aromatic heterocycles. The van der Waals surface area contributed by atoms with Gasteiger partial charge < -0.3 is 10.6 Å². The Balaban J connectivity index is 2.35. The highest BCUT2D eigenvalue weighted by atomic mass is 32.2. The highest BCUT2D eigenvalue weighted by Gasteiger charge is 2.13. The predicted octanol–water partition coefficient (Wildman–Crippen LogP) is 0.0714. The summed E-state index contributed by atoms with van der Waals surface area (Å²) in [4.78, 5) is 12.0. The van der Waals surface area contributed by atoms with Gasteiger partial charge >= 0.3 is 6.03 Å². The standard InChI is InChI=1S/C4H8N2OS/c5-4(7)6-1-2-8-3-6/h1-3H2,(H2,5,7). The van der Waals surface area contributed by atoms with E-state index in [0.29, 0.717) is 0 Å². The molecule has 1 aliphatic heterocycles. The first-order chi connectivity index (χ1) is 3.80. The summed E-state index contributed by atoms with van der Waals surface area (Å²) in [5.41, 5.74) is 4.97. The topological polar surface area (TPSA) is 46.3 Å². The maximum absolute atomic E-state index is 10.3. The lowest BCUT2D eigenvalue weighted by Crippen LogP contribution is -2.32.